The molecule has 2 heterocycles. The van der Waals surface area contributed by atoms with Crippen LogP contribution in [0, 0.1) is 0 Å². The zero-order valence-electron chi connectivity index (χ0n) is 16.6. The summed E-state index contributed by atoms with van der Waals surface area (Å²) in [6.45, 7) is -0.260. The summed E-state index contributed by atoms with van der Waals surface area (Å²) >= 11 is 6.07. The Morgan fingerprint density at radius 2 is 1.84 bits per heavy atom. The normalized spacial score (nSPS) is 19.6. The molecule has 2 aromatic carbocycles. The van der Waals surface area contributed by atoms with Gasteiger partial charge in [-0.05, 0) is 42.5 Å². The average Bonchev–Trinajstić information content (AvgIpc) is 3.28. The van der Waals surface area contributed by atoms with Gasteiger partial charge >= 0.3 is 0 Å². The number of nitrogens with one attached hydrogen (secondary N) is 1. The number of halogens is 1. The van der Waals surface area contributed by atoms with Crippen LogP contribution in [0.15, 0.2) is 52.8 Å². The van der Waals surface area contributed by atoms with Crippen molar-refractivity contribution in [3.05, 3.63) is 47.5 Å². The van der Waals surface area contributed by atoms with Crippen LogP contribution in [0.5, 0.6) is 11.5 Å². The van der Waals surface area contributed by atoms with Crippen LogP contribution >= 0.6 is 11.6 Å². The van der Waals surface area contributed by atoms with E-state index in [1.807, 2.05) is 0 Å². The molecule has 1 fully saturated rings. The number of benzene rings is 2. The Balaban J connectivity index is 1.46. The maximum Gasteiger partial charge on any atom is 0.263 e. The van der Waals surface area contributed by atoms with Crippen LogP contribution in [0.4, 0.5) is 11.4 Å². The fourth-order valence-electron chi connectivity index (χ4n) is 3.43. The van der Waals surface area contributed by atoms with Crippen LogP contribution in [0.1, 0.15) is 0 Å². The number of methoxy groups -OCH3 is 2. The lowest BCUT2D eigenvalue weighted by Gasteiger charge is -2.20. The molecule has 0 unspecified atom stereocenters. The second-order valence-electron chi connectivity index (χ2n) is 6.80. The van der Waals surface area contributed by atoms with Gasteiger partial charge in [-0.1, -0.05) is 16.8 Å². The van der Waals surface area contributed by atoms with Crippen molar-refractivity contribution in [1.29, 1.82) is 0 Å². The van der Waals surface area contributed by atoms with Crippen molar-refractivity contribution in [2.75, 3.05) is 31.0 Å². The van der Waals surface area contributed by atoms with Crippen LogP contribution in [0.25, 0.3) is 0 Å². The first-order valence-electron chi connectivity index (χ1n) is 9.25. The van der Waals surface area contributed by atoms with Crippen LogP contribution in [0.2, 0.25) is 5.02 Å². The van der Waals surface area contributed by atoms with E-state index in [0.717, 1.165) is 4.90 Å². The number of rotatable bonds is 6. The number of carbonyl (C=O) groups is 3. The highest BCUT2D eigenvalue weighted by atomic mass is 35.5. The predicted octanol–water partition coefficient (Wildman–Crippen LogP) is 2.29. The van der Waals surface area contributed by atoms with Gasteiger partial charge in [-0.2, -0.15) is 5.11 Å². The highest BCUT2D eigenvalue weighted by Gasteiger charge is 2.55. The molecule has 0 aromatic heterocycles. The first-order valence-corrected chi connectivity index (χ1v) is 9.63. The van der Waals surface area contributed by atoms with Gasteiger partial charge in [-0.3, -0.25) is 19.4 Å². The van der Waals surface area contributed by atoms with Crippen molar-refractivity contribution in [1.82, 2.24) is 5.01 Å². The molecule has 10 nitrogen and oxygen atoms in total. The molecule has 2 aliphatic rings. The number of fused-ring (bicyclic) bond motifs is 1. The standard InChI is InChI=1S/C20H18ClN5O5/c1-30-13-6-4-12(5-7-13)26-19(28)17-18(20(26)29)25(24-23-17)10-16(27)22-11-3-8-15(31-2)14(21)9-11/h3-9,17-18H,10H2,1-2H3,(H,22,27)/t17-,18+/m1/s1. The monoisotopic (exact) mass is 443 g/mol. The minimum absolute atomic E-state index is 0.260. The predicted molar refractivity (Wildman–Crippen MR) is 111 cm³/mol. The SMILES string of the molecule is COc1ccc(N2C(=O)[C@@H]3[C@@H](N=NN3CC(=O)Nc3ccc(OC)c(Cl)c3)C2=O)cc1. The molecule has 160 valence electrons. The molecule has 0 radical (unpaired) electrons. The molecule has 1 N–H and O–H groups in total. The van der Waals surface area contributed by atoms with E-state index in [1.165, 1.54) is 19.2 Å². The van der Waals surface area contributed by atoms with Gasteiger partial charge in [0.15, 0.2) is 12.1 Å². The Labute approximate surface area is 182 Å². The van der Waals surface area contributed by atoms with E-state index in [-0.39, 0.29) is 6.54 Å². The highest BCUT2D eigenvalue weighted by molar-refractivity contribution is 6.32. The molecule has 31 heavy (non-hydrogen) atoms. The molecule has 11 heteroatoms. The molecule has 3 amide bonds. The summed E-state index contributed by atoms with van der Waals surface area (Å²) in [4.78, 5) is 39.2. The fraction of sp³-hybridized carbons (Fsp3) is 0.250. The van der Waals surface area contributed by atoms with Gasteiger partial charge in [0.1, 0.15) is 18.0 Å². The smallest absolute Gasteiger partial charge is 0.263 e. The maximum absolute atomic E-state index is 13.0. The van der Waals surface area contributed by atoms with E-state index in [9.17, 15) is 14.4 Å². The van der Waals surface area contributed by atoms with E-state index >= 15 is 0 Å². The van der Waals surface area contributed by atoms with Crippen molar-refractivity contribution < 1.29 is 23.9 Å². The number of ether oxygens (including phenoxy) is 2. The number of carbonyl (C=O) groups excluding carboxylic acids is 3. The molecular weight excluding hydrogens is 426 g/mol. The van der Waals surface area contributed by atoms with Gasteiger partial charge in [0.25, 0.3) is 11.8 Å². The van der Waals surface area contributed by atoms with Crippen molar-refractivity contribution in [3.63, 3.8) is 0 Å². The summed E-state index contributed by atoms with van der Waals surface area (Å²) < 4.78 is 10.2. The van der Waals surface area contributed by atoms with E-state index in [0.29, 0.717) is 27.9 Å². The summed E-state index contributed by atoms with van der Waals surface area (Å²) in [6, 6.07) is 9.35. The van der Waals surface area contributed by atoms with Gasteiger partial charge in [0.05, 0.1) is 24.9 Å². The van der Waals surface area contributed by atoms with Crippen LogP contribution in [-0.4, -0.2) is 55.6 Å². The Hall–Kier alpha value is -3.66. The van der Waals surface area contributed by atoms with Crippen molar-refractivity contribution in [2.45, 2.75) is 12.1 Å². The van der Waals surface area contributed by atoms with Gasteiger partial charge in [0.2, 0.25) is 5.91 Å². The minimum Gasteiger partial charge on any atom is -0.497 e. The topological polar surface area (TPSA) is 113 Å². The molecule has 0 spiro atoms. The number of anilines is 2. The van der Waals surface area contributed by atoms with Crippen molar-refractivity contribution in [2.24, 2.45) is 10.3 Å². The Kier molecular flexibility index (Phi) is 5.47. The zero-order chi connectivity index (χ0) is 22.1. The zero-order valence-corrected chi connectivity index (χ0v) is 17.4. The van der Waals surface area contributed by atoms with Crippen molar-refractivity contribution in [3.8, 4) is 11.5 Å². The first kappa shape index (κ1) is 20.6. The Bertz CT molecular complexity index is 1070. The van der Waals surface area contributed by atoms with Crippen LogP contribution in [-0.2, 0) is 14.4 Å². The lowest BCUT2D eigenvalue weighted by molar-refractivity contribution is -0.123. The molecule has 0 aliphatic carbocycles. The lowest BCUT2D eigenvalue weighted by atomic mass is 10.1. The van der Waals surface area contributed by atoms with Gasteiger partial charge < -0.3 is 14.8 Å². The molecule has 2 aliphatic heterocycles. The first-order chi connectivity index (χ1) is 14.9. The fourth-order valence-corrected chi connectivity index (χ4v) is 3.69. The number of hydrogen-bond donors (Lipinski definition) is 1. The molecule has 0 bridgehead atoms. The second-order valence-corrected chi connectivity index (χ2v) is 7.21. The molecule has 4 rings (SSSR count). The Morgan fingerprint density at radius 3 is 2.48 bits per heavy atom. The van der Waals surface area contributed by atoms with Gasteiger partial charge in [-0.25, -0.2) is 4.90 Å². The van der Waals surface area contributed by atoms with Gasteiger partial charge in [0, 0.05) is 5.69 Å². The Morgan fingerprint density at radius 1 is 1.10 bits per heavy atom. The quantitative estimate of drug-likeness (QED) is 0.685. The second kappa shape index (κ2) is 8.23. The number of imide groups is 1. The average molecular weight is 444 g/mol. The summed E-state index contributed by atoms with van der Waals surface area (Å²) in [5.74, 6) is -0.354. The van der Waals surface area contributed by atoms with E-state index in [4.69, 9.17) is 21.1 Å². The van der Waals surface area contributed by atoms with E-state index in [1.54, 1.807) is 42.5 Å². The number of hydrogen-bond acceptors (Lipinski definition) is 8. The third-order valence-corrected chi connectivity index (χ3v) is 5.23. The maximum atomic E-state index is 13.0. The van der Waals surface area contributed by atoms with Crippen molar-refractivity contribution >= 4 is 40.7 Å². The molecule has 1 saturated heterocycles. The van der Waals surface area contributed by atoms with Crippen LogP contribution in [0.3, 0.4) is 0 Å². The van der Waals surface area contributed by atoms with E-state index < -0.39 is 29.8 Å². The highest BCUT2D eigenvalue weighted by Crippen LogP contribution is 2.32. The van der Waals surface area contributed by atoms with Crippen LogP contribution < -0.4 is 19.7 Å². The molecular formula is C20H18ClN5O5. The third-order valence-electron chi connectivity index (χ3n) is 4.93. The number of nitrogens with zero attached hydrogens (tertiary/aromatic N) is 4. The summed E-state index contributed by atoms with van der Waals surface area (Å²) in [7, 11) is 3.01. The number of amides is 3. The molecule has 0 saturated carbocycles. The molecule has 2 atom stereocenters. The largest absolute Gasteiger partial charge is 0.497 e. The van der Waals surface area contributed by atoms with E-state index in [2.05, 4.69) is 15.7 Å². The lowest BCUT2D eigenvalue weighted by Crippen LogP contribution is -2.43. The molecule has 2 aromatic rings. The van der Waals surface area contributed by atoms with Gasteiger partial charge in [-0.15, -0.1) is 0 Å². The summed E-state index contributed by atoms with van der Waals surface area (Å²) in [6.07, 6.45) is 0. The summed E-state index contributed by atoms with van der Waals surface area (Å²) in [5.41, 5.74) is 0.856. The minimum atomic E-state index is -0.988. The third kappa shape index (κ3) is 3.77. The summed E-state index contributed by atoms with van der Waals surface area (Å²) in [5, 5.41) is 12.0.